The zero-order valence-corrected chi connectivity index (χ0v) is 12.2. The summed E-state index contributed by atoms with van der Waals surface area (Å²) < 4.78 is 5.81. The Balaban J connectivity index is 0.00000144. The smallest absolute Gasteiger partial charge is 0.0725 e. The molecule has 0 bridgehead atoms. The van der Waals surface area contributed by atoms with Gasteiger partial charge in [0.25, 0.3) is 0 Å². The maximum Gasteiger partial charge on any atom is 0.0725 e. The quantitative estimate of drug-likeness (QED) is 0.839. The molecule has 2 unspecified atom stereocenters. The number of ether oxygens (including phenoxy) is 1. The second kappa shape index (κ2) is 6.37. The van der Waals surface area contributed by atoms with Crippen LogP contribution in [0, 0.1) is 11.3 Å². The highest BCUT2D eigenvalue weighted by Gasteiger charge is 2.33. The van der Waals surface area contributed by atoms with Gasteiger partial charge in [-0.15, -0.1) is 12.4 Å². The Morgan fingerprint density at radius 3 is 2.82 bits per heavy atom. The average molecular weight is 263 g/mol. The number of nitrogens with zero attached hydrogens (tertiary/aromatic N) is 1. The Morgan fingerprint density at radius 1 is 1.47 bits per heavy atom. The van der Waals surface area contributed by atoms with Gasteiger partial charge < -0.3 is 10.1 Å². The number of hydrogen-bond donors (Lipinski definition) is 1. The van der Waals surface area contributed by atoms with Gasteiger partial charge in [0.2, 0.25) is 0 Å². The van der Waals surface area contributed by atoms with E-state index in [9.17, 15) is 0 Å². The lowest BCUT2D eigenvalue weighted by Gasteiger charge is -2.39. The SMILES string of the molecule is CC(C)C1CN(CC2(C)CCNC2)CCO1.Cl. The summed E-state index contributed by atoms with van der Waals surface area (Å²) in [7, 11) is 0. The van der Waals surface area contributed by atoms with Crippen LogP contribution in [-0.4, -0.2) is 50.3 Å². The lowest BCUT2D eigenvalue weighted by molar-refractivity contribution is -0.0586. The Kier molecular flexibility index (Phi) is 5.71. The highest BCUT2D eigenvalue weighted by atomic mass is 35.5. The van der Waals surface area contributed by atoms with Crippen molar-refractivity contribution in [3.8, 4) is 0 Å². The van der Waals surface area contributed by atoms with Crippen LogP contribution in [0.2, 0.25) is 0 Å². The van der Waals surface area contributed by atoms with Crippen LogP contribution in [0.4, 0.5) is 0 Å². The Bertz CT molecular complexity index is 229. The summed E-state index contributed by atoms with van der Waals surface area (Å²) in [6, 6.07) is 0. The van der Waals surface area contributed by atoms with Gasteiger partial charge in [0, 0.05) is 26.2 Å². The zero-order valence-electron chi connectivity index (χ0n) is 11.4. The van der Waals surface area contributed by atoms with Crippen LogP contribution in [-0.2, 0) is 4.74 Å². The summed E-state index contributed by atoms with van der Waals surface area (Å²) in [6.45, 7) is 13.7. The molecule has 0 aromatic rings. The molecule has 0 aliphatic carbocycles. The molecule has 0 saturated carbocycles. The van der Waals surface area contributed by atoms with Crippen LogP contribution in [0.15, 0.2) is 0 Å². The maximum absolute atomic E-state index is 5.81. The second-order valence-electron chi connectivity index (χ2n) is 6.13. The van der Waals surface area contributed by atoms with Crippen LogP contribution in [0.3, 0.4) is 0 Å². The average Bonchev–Trinajstić information content (AvgIpc) is 2.65. The Hall–Kier alpha value is 0.170. The summed E-state index contributed by atoms with van der Waals surface area (Å²) in [5.41, 5.74) is 0.485. The number of nitrogens with one attached hydrogen (secondary N) is 1. The van der Waals surface area contributed by atoms with Gasteiger partial charge in [0.05, 0.1) is 12.7 Å². The van der Waals surface area contributed by atoms with Crippen molar-refractivity contribution >= 4 is 12.4 Å². The van der Waals surface area contributed by atoms with E-state index in [1.807, 2.05) is 0 Å². The van der Waals surface area contributed by atoms with E-state index in [1.54, 1.807) is 0 Å². The van der Waals surface area contributed by atoms with E-state index in [0.29, 0.717) is 17.4 Å². The minimum absolute atomic E-state index is 0. The molecule has 0 amide bonds. The van der Waals surface area contributed by atoms with Crippen LogP contribution in [0.5, 0.6) is 0 Å². The number of halogens is 1. The summed E-state index contributed by atoms with van der Waals surface area (Å²) >= 11 is 0. The van der Waals surface area contributed by atoms with Gasteiger partial charge in [-0.3, -0.25) is 4.90 Å². The fourth-order valence-corrected chi connectivity index (χ4v) is 2.82. The monoisotopic (exact) mass is 262 g/mol. The zero-order chi connectivity index (χ0) is 11.6. The van der Waals surface area contributed by atoms with Gasteiger partial charge in [-0.25, -0.2) is 0 Å². The number of hydrogen-bond acceptors (Lipinski definition) is 3. The fourth-order valence-electron chi connectivity index (χ4n) is 2.82. The molecule has 2 heterocycles. The normalized spacial score (nSPS) is 34.9. The van der Waals surface area contributed by atoms with Gasteiger partial charge in [0.15, 0.2) is 0 Å². The van der Waals surface area contributed by atoms with Crippen molar-refractivity contribution in [1.29, 1.82) is 0 Å². The maximum atomic E-state index is 5.81. The lowest BCUT2D eigenvalue weighted by Crippen LogP contribution is -2.48. The molecule has 1 N–H and O–H groups in total. The van der Waals surface area contributed by atoms with Crippen molar-refractivity contribution in [2.75, 3.05) is 39.3 Å². The van der Waals surface area contributed by atoms with Crippen LogP contribution in [0.1, 0.15) is 27.2 Å². The molecule has 2 fully saturated rings. The van der Waals surface area contributed by atoms with E-state index in [-0.39, 0.29) is 12.4 Å². The first kappa shape index (κ1) is 15.2. The molecule has 0 spiro atoms. The molecule has 2 rings (SSSR count). The van der Waals surface area contributed by atoms with E-state index in [2.05, 4.69) is 31.0 Å². The van der Waals surface area contributed by atoms with Gasteiger partial charge in [0.1, 0.15) is 0 Å². The third-order valence-electron chi connectivity index (χ3n) is 3.98. The molecule has 0 radical (unpaired) electrons. The number of morpholine rings is 1. The third-order valence-corrected chi connectivity index (χ3v) is 3.98. The molecule has 3 nitrogen and oxygen atoms in total. The molecule has 2 saturated heterocycles. The standard InChI is InChI=1S/C13H26N2O.ClH/c1-11(2)12-8-15(6-7-16-12)10-13(3)4-5-14-9-13;/h11-12,14H,4-10H2,1-3H3;1H. The molecular weight excluding hydrogens is 236 g/mol. The topological polar surface area (TPSA) is 24.5 Å². The summed E-state index contributed by atoms with van der Waals surface area (Å²) in [5, 5.41) is 3.48. The van der Waals surface area contributed by atoms with E-state index in [0.717, 1.165) is 19.7 Å². The summed E-state index contributed by atoms with van der Waals surface area (Å²) in [5.74, 6) is 0.636. The first-order chi connectivity index (χ1) is 7.59. The highest BCUT2D eigenvalue weighted by Crippen LogP contribution is 2.27. The first-order valence-corrected chi connectivity index (χ1v) is 6.64. The Labute approximate surface area is 112 Å². The minimum Gasteiger partial charge on any atom is -0.375 e. The van der Waals surface area contributed by atoms with E-state index < -0.39 is 0 Å². The highest BCUT2D eigenvalue weighted by molar-refractivity contribution is 5.85. The fraction of sp³-hybridized carbons (Fsp3) is 1.00. The van der Waals surface area contributed by atoms with Crippen molar-refractivity contribution < 1.29 is 4.74 Å². The van der Waals surface area contributed by atoms with Gasteiger partial charge >= 0.3 is 0 Å². The molecular formula is C13H27ClN2O. The van der Waals surface area contributed by atoms with E-state index in [4.69, 9.17) is 4.74 Å². The molecule has 0 aromatic carbocycles. The summed E-state index contributed by atoms with van der Waals surface area (Å²) in [4.78, 5) is 2.60. The predicted molar refractivity (Wildman–Crippen MR) is 73.9 cm³/mol. The molecule has 17 heavy (non-hydrogen) atoms. The van der Waals surface area contributed by atoms with Crippen molar-refractivity contribution in [3.05, 3.63) is 0 Å². The van der Waals surface area contributed by atoms with Crippen molar-refractivity contribution in [3.63, 3.8) is 0 Å². The largest absolute Gasteiger partial charge is 0.375 e. The molecule has 0 aromatic heterocycles. The van der Waals surface area contributed by atoms with Crippen LogP contribution >= 0.6 is 12.4 Å². The van der Waals surface area contributed by atoms with Gasteiger partial charge in [-0.1, -0.05) is 20.8 Å². The van der Waals surface area contributed by atoms with Gasteiger partial charge in [-0.05, 0) is 24.3 Å². The molecule has 2 aliphatic heterocycles. The van der Waals surface area contributed by atoms with E-state index >= 15 is 0 Å². The van der Waals surface area contributed by atoms with Crippen molar-refractivity contribution in [2.45, 2.75) is 33.3 Å². The Morgan fingerprint density at radius 2 is 2.24 bits per heavy atom. The molecule has 4 heteroatoms. The van der Waals surface area contributed by atoms with Crippen LogP contribution < -0.4 is 5.32 Å². The first-order valence-electron chi connectivity index (χ1n) is 6.64. The minimum atomic E-state index is 0. The van der Waals surface area contributed by atoms with Gasteiger partial charge in [-0.2, -0.15) is 0 Å². The lowest BCUT2D eigenvalue weighted by atomic mass is 9.88. The molecule has 2 aliphatic rings. The van der Waals surface area contributed by atoms with Crippen LogP contribution in [0.25, 0.3) is 0 Å². The third kappa shape index (κ3) is 4.09. The van der Waals surface area contributed by atoms with Crippen molar-refractivity contribution in [2.24, 2.45) is 11.3 Å². The summed E-state index contributed by atoms with van der Waals surface area (Å²) in [6.07, 6.45) is 1.75. The molecule has 102 valence electrons. The van der Waals surface area contributed by atoms with Crippen molar-refractivity contribution in [1.82, 2.24) is 10.2 Å². The molecule has 2 atom stereocenters. The number of rotatable bonds is 3. The second-order valence-corrected chi connectivity index (χ2v) is 6.13. The predicted octanol–water partition coefficient (Wildman–Crippen LogP) is 1.76. The van der Waals surface area contributed by atoms with E-state index in [1.165, 1.54) is 26.1 Å².